The highest BCUT2D eigenvalue weighted by atomic mass is 32.2. The maximum absolute atomic E-state index is 13.0. The molecule has 1 aromatic rings. The van der Waals surface area contributed by atoms with Crippen LogP contribution in [0.3, 0.4) is 0 Å². The predicted molar refractivity (Wildman–Crippen MR) is 86.3 cm³/mol. The van der Waals surface area contributed by atoms with Crippen LogP contribution in [0.5, 0.6) is 11.5 Å². The molecule has 0 radical (unpaired) electrons. The Morgan fingerprint density at radius 1 is 1.22 bits per heavy atom. The van der Waals surface area contributed by atoms with E-state index in [0.29, 0.717) is 30.9 Å². The van der Waals surface area contributed by atoms with Gasteiger partial charge in [-0.1, -0.05) is 0 Å². The third-order valence-electron chi connectivity index (χ3n) is 4.18. The summed E-state index contributed by atoms with van der Waals surface area (Å²) in [5.74, 6) is 0.865. The minimum absolute atomic E-state index is 0.0420. The standard InChI is InChI=1S/C15H24N2O5S/c1-20-12-6-7-17(11(8-12)10-16)23(18,19)13-4-5-14(21-2)15(9-13)22-3/h4-5,9,11-12H,6-8,10,16H2,1-3H3. The molecule has 1 saturated heterocycles. The molecule has 2 rings (SSSR count). The Hall–Kier alpha value is -1.35. The van der Waals surface area contributed by atoms with Crippen molar-refractivity contribution in [2.75, 3.05) is 34.4 Å². The lowest BCUT2D eigenvalue weighted by atomic mass is 10.0. The van der Waals surface area contributed by atoms with Crippen molar-refractivity contribution in [3.8, 4) is 11.5 Å². The average Bonchev–Trinajstić information content (AvgIpc) is 2.60. The highest BCUT2D eigenvalue weighted by Gasteiger charge is 2.36. The van der Waals surface area contributed by atoms with Crippen LogP contribution in [-0.4, -0.2) is 59.3 Å². The third kappa shape index (κ3) is 3.60. The Labute approximate surface area is 137 Å². The van der Waals surface area contributed by atoms with E-state index in [0.717, 1.165) is 0 Å². The van der Waals surface area contributed by atoms with E-state index in [1.54, 1.807) is 13.2 Å². The summed E-state index contributed by atoms with van der Waals surface area (Å²) in [6.45, 7) is 0.642. The van der Waals surface area contributed by atoms with Crippen LogP contribution < -0.4 is 15.2 Å². The van der Waals surface area contributed by atoms with Crippen molar-refractivity contribution in [3.63, 3.8) is 0 Å². The Morgan fingerprint density at radius 2 is 1.91 bits per heavy atom. The van der Waals surface area contributed by atoms with Crippen molar-refractivity contribution in [1.82, 2.24) is 4.31 Å². The van der Waals surface area contributed by atoms with E-state index in [1.165, 1.54) is 30.7 Å². The molecule has 2 atom stereocenters. The van der Waals surface area contributed by atoms with Crippen molar-refractivity contribution >= 4 is 10.0 Å². The maximum Gasteiger partial charge on any atom is 0.243 e. The summed E-state index contributed by atoms with van der Waals surface area (Å²) >= 11 is 0. The molecule has 0 spiro atoms. The Kier molecular flexibility index (Phi) is 5.85. The highest BCUT2D eigenvalue weighted by Crippen LogP contribution is 2.32. The largest absolute Gasteiger partial charge is 0.493 e. The summed E-state index contributed by atoms with van der Waals surface area (Å²) < 4.78 is 43.1. The molecule has 0 aromatic heterocycles. The second-order valence-corrected chi connectivity index (χ2v) is 7.29. The van der Waals surface area contributed by atoms with Crippen molar-refractivity contribution in [2.24, 2.45) is 5.73 Å². The van der Waals surface area contributed by atoms with E-state index in [2.05, 4.69) is 0 Å². The van der Waals surface area contributed by atoms with Crippen LogP contribution in [0.15, 0.2) is 23.1 Å². The molecule has 1 heterocycles. The van der Waals surface area contributed by atoms with Gasteiger partial charge in [-0.05, 0) is 25.0 Å². The second-order valence-electron chi connectivity index (χ2n) is 5.40. The molecule has 0 amide bonds. The number of ether oxygens (including phenoxy) is 3. The molecule has 0 saturated carbocycles. The van der Waals surface area contributed by atoms with Gasteiger partial charge in [0.05, 0.1) is 25.2 Å². The van der Waals surface area contributed by atoms with E-state index in [4.69, 9.17) is 19.9 Å². The minimum atomic E-state index is -3.65. The lowest BCUT2D eigenvalue weighted by Crippen LogP contribution is -2.51. The zero-order valence-electron chi connectivity index (χ0n) is 13.7. The van der Waals surface area contributed by atoms with Gasteiger partial charge >= 0.3 is 0 Å². The van der Waals surface area contributed by atoms with Crippen LogP contribution in [-0.2, 0) is 14.8 Å². The number of nitrogens with two attached hydrogens (primary N) is 1. The van der Waals surface area contributed by atoms with Gasteiger partial charge in [0.15, 0.2) is 11.5 Å². The number of rotatable bonds is 6. The van der Waals surface area contributed by atoms with E-state index >= 15 is 0 Å². The zero-order valence-corrected chi connectivity index (χ0v) is 14.5. The van der Waals surface area contributed by atoms with Crippen LogP contribution in [0.4, 0.5) is 0 Å². The molecule has 1 aromatic carbocycles. The molecular weight excluding hydrogens is 320 g/mol. The molecule has 2 unspecified atom stereocenters. The van der Waals surface area contributed by atoms with Crippen molar-refractivity contribution in [1.29, 1.82) is 0 Å². The van der Waals surface area contributed by atoms with Crippen LogP contribution in [0.2, 0.25) is 0 Å². The molecule has 8 heteroatoms. The summed E-state index contributed by atoms with van der Waals surface area (Å²) in [4.78, 5) is 0.171. The first kappa shape index (κ1) is 18.0. The number of hydrogen-bond acceptors (Lipinski definition) is 6. The summed E-state index contributed by atoms with van der Waals surface area (Å²) in [5.41, 5.74) is 5.78. The number of methoxy groups -OCH3 is 3. The van der Waals surface area contributed by atoms with E-state index in [-0.39, 0.29) is 23.6 Å². The molecule has 7 nitrogen and oxygen atoms in total. The highest BCUT2D eigenvalue weighted by molar-refractivity contribution is 7.89. The predicted octanol–water partition coefficient (Wildman–Crippen LogP) is 0.831. The van der Waals surface area contributed by atoms with Crippen molar-refractivity contribution in [3.05, 3.63) is 18.2 Å². The minimum Gasteiger partial charge on any atom is -0.493 e. The Bertz CT molecular complexity index is 635. The number of hydrogen-bond donors (Lipinski definition) is 1. The van der Waals surface area contributed by atoms with Gasteiger partial charge in [-0.25, -0.2) is 8.42 Å². The molecular formula is C15H24N2O5S. The van der Waals surface area contributed by atoms with Gasteiger partial charge in [0, 0.05) is 32.3 Å². The fourth-order valence-corrected chi connectivity index (χ4v) is 4.53. The third-order valence-corrected chi connectivity index (χ3v) is 6.13. The van der Waals surface area contributed by atoms with Gasteiger partial charge in [-0.15, -0.1) is 0 Å². The van der Waals surface area contributed by atoms with Gasteiger partial charge in [0.1, 0.15) is 0 Å². The smallest absolute Gasteiger partial charge is 0.243 e. The van der Waals surface area contributed by atoms with Crippen LogP contribution >= 0.6 is 0 Å². The second kappa shape index (κ2) is 7.48. The van der Waals surface area contributed by atoms with Gasteiger partial charge < -0.3 is 19.9 Å². The van der Waals surface area contributed by atoms with Gasteiger partial charge in [-0.2, -0.15) is 4.31 Å². The molecule has 23 heavy (non-hydrogen) atoms. The zero-order chi connectivity index (χ0) is 17.0. The van der Waals surface area contributed by atoms with Crippen molar-refractivity contribution in [2.45, 2.75) is 29.9 Å². The molecule has 2 N–H and O–H groups in total. The van der Waals surface area contributed by atoms with E-state index in [1.807, 2.05) is 0 Å². The molecule has 0 bridgehead atoms. The molecule has 1 aliphatic rings. The SMILES string of the molecule is COc1ccc(S(=O)(=O)N2CCC(OC)CC2CN)cc1OC. The van der Waals surface area contributed by atoms with Gasteiger partial charge in [-0.3, -0.25) is 0 Å². The molecule has 1 fully saturated rings. The first-order chi connectivity index (χ1) is 11.0. The fourth-order valence-electron chi connectivity index (χ4n) is 2.85. The van der Waals surface area contributed by atoms with Gasteiger partial charge in [0.25, 0.3) is 0 Å². The number of benzene rings is 1. The number of piperidine rings is 1. The molecule has 0 aliphatic carbocycles. The quantitative estimate of drug-likeness (QED) is 0.822. The van der Waals surface area contributed by atoms with E-state index < -0.39 is 10.0 Å². The molecule has 1 aliphatic heterocycles. The van der Waals surface area contributed by atoms with Crippen molar-refractivity contribution < 1.29 is 22.6 Å². The van der Waals surface area contributed by atoms with Crippen LogP contribution in [0.25, 0.3) is 0 Å². The summed E-state index contributed by atoms with van der Waals surface area (Å²) in [6.07, 6.45) is 1.29. The lowest BCUT2D eigenvalue weighted by Gasteiger charge is -2.37. The fraction of sp³-hybridized carbons (Fsp3) is 0.600. The summed E-state index contributed by atoms with van der Waals surface area (Å²) in [5, 5.41) is 0. The molecule has 130 valence electrons. The first-order valence-corrected chi connectivity index (χ1v) is 8.88. The monoisotopic (exact) mass is 344 g/mol. The summed E-state index contributed by atoms with van der Waals surface area (Å²) in [6, 6.07) is 4.31. The topological polar surface area (TPSA) is 91.1 Å². The van der Waals surface area contributed by atoms with Gasteiger partial charge in [0.2, 0.25) is 10.0 Å². The van der Waals surface area contributed by atoms with Crippen LogP contribution in [0, 0.1) is 0 Å². The maximum atomic E-state index is 13.0. The normalized spacial score (nSPS) is 22.8. The average molecular weight is 344 g/mol. The first-order valence-electron chi connectivity index (χ1n) is 7.44. The van der Waals surface area contributed by atoms with Crippen LogP contribution in [0.1, 0.15) is 12.8 Å². The number of sulfonamides is 1. The van der Waals surface area contributed by atoms with E-state index in [9.17, 15) is 8.42 Å². The number of nitrogens with zero attached hydrogens (tertiary/aromatic N) is 1. The lowest BCUT2D eigenvalue weighted by molar-refractivity contribution is 0.0401. The summed E-state index contributed by atoms with van der Waals surface area (Å²) in [7, 11) is 0.965. The Balaban J connectivity index is 2.34. The Morgan fingerprint density at radius 3 is 2.48 bits per heavy atom.